The van der Waals surface area contributed by atoms with Gasteiger partial charge in [0.2, 0.25) is 0 Å². The zero-order chi connectivity index (χ0) is 76.8. The predicted octanol–water partition coefficient (Wildman–Crippen LogP) is 26.5. The second-order valence-electron chi connectivity index (χ2n) is 28.8. The van der Waals surface area contributed by atoms with E-state index in [9.17, 15) is 4.79 Å². The number of carbonyl (C=O) groups excluding carboxylic acids is 1. The number of phenolic OH excluding ortho intramolecular Hbond substituents is 3. The average molecular weight is 1420 g/mol. The summed E-state index contributed by atoms with van der Waals surface area (Å²) in [6, 6.07) is 68.3. The highest BCUT2D eigenvalue weighted by Crippen LogP contribution is 2.34. The SMILES string of the molecule is CCC(C)C(=O)OC(C)(C)C.CCC(C)c1ccc(O)cc1.CCC(C)c1ccc(O)cc1.CCC(C)c1ccc(O)cc1.CCC(C)c1ccc(OC(C)OCCOc2ccc(C3CCCCC3)cc2)cc1.CCC(C)c1ccc(OC(C)OCc2ccccc2)cc1.CCC(C)c1ccccc1. The molecule has 104 heavy (non-hydrogen) atoms. The first-order valence-electron chi connectivity index (χ1n) is 38.9. The van der Waals surface area contributed by atoms with Crippen molar-refractivity contribution in [2.45, 2.75) is 275 Å². The molecule has 1 aliphatic rings. The molecule has 3 N–H and O–H groups in total. The quantitative estimate of drug-likeness (QED) is 0.0260. The van der Waals surface area contributed by atoms with E-state index in [0.717, 1.165) is 67.3 Å². The van der Waals surface area contributed by atoms with Crippen LogP contribution in [-0.4, -0.2) is 52.7 Å². The maximum Gasteiger partial charge on any atom is 0.309 e. The van der Waals surface area contributed by atoms with E-state index in [1.54, 1.807) is 36.4 Å². The van der Waals surface area contributed by atoms with Crippen LogP contribution in [-0.2, 0) is 25.6 Å². The Balaban J connectivity index is 0.000000330. The molecule has 9 unspecified atom stereocenters. The van der Waals surface area contributed by atoms with Gasteiger partial charge in [0, 0.05) is 0 Å². The molecule has 1 saturated carbocycles. The Hall–Kier alpha value is -8.05. The summed E-state index contributed by atoms with van der Waals surface area (Å²) in [5.41, 5.74) is 10.3. The molecule has 0 saturated heterocycles. The Labute approximate surface area is 630 Å². The number of benzene rings is 8. The van der Waals surface area contributed by atoms with Crippen LogP contribution in [0.3, 0.4) is 0 Å². The number of aromatic hydroxyl groups is 3. The lowest BCUT2D eigenvalue weighted by molar-refractivity contribution is -0.159. The minimum atomic E-state index is -0.347. The summed E-state index contributed by atoms with van der Waals surface area (Å²) in [6.45, 7) is 41.3. The van der Waals surface area contributed by atoms with Crippen molar-refractivity contribution in [2.24, 2.45) is 5.92 Å². The second kappa shape index (κ2) is 51.2. The van der Waals surface area contributed by atoms with Gasteiger partial charge in [0.15, 0.2) is 12.6 Å². The van der Waals surface area contributed by atoms with Gasteiger partial charge in [-0.2, -0.15) is 0 Å². The van der Waals surface area contributed by atoms with Crippen molar-refractivity contribution < 1.29 is 48.5 Å². The first-order valence-corrected chi connectivity index (χ1v) is 38.9. The molecule has 10 heteroatoms. The van der Waals surface area contributed by atoms with Crippen LogP contribution >= 0.6 is 0 Å². The topological polar surface area (TPSA) is 133 Å². The van der Waals surface area contributed by atoms with Gasteiger partial charge in [-0.3, -0.25) is 4.79 Å². The van der Waals surface area contributed by atoms with Gasteiger partial charge in [-0.25, -0.2) is 0 Å². The molecule has 10 nitrogen and oxygen atoms in total. The third-order valence-electron chi connectivity index (χ3n) is 19.3. The molecule has 1 aliphatic carbocycles. The molecule has 9 rings (SSSR count). The molecule has 0 radical (unpaired) electrons. The fourth-order valence-corrected chi connectivity index (χ4v) is 10.8. The Kier molecular flexibility index (Phi) is 44.4. The van der Waals surface area contributed by atoms with E-state index in [0.29, 0.717) is 72.6 Å². The van der Waals surface area contributed by atoms with Gasteiger partial charge >= 0.3 is 5.97 Å². The van der Waals surface area contributed by atoms with Crippen molar-refractivity contribution in [1.82, 2.24) is 0 Å². The monoisotopic (exact) mass is 1420 g/mol. The fraction of sp³-hybridized carbons (Fsp3) is 0.479. The van der Waals surface area contributed by atoms with E-state index in [4.69, 9.17) is 43.7 Å². The van der Waals surface area contributed by atoms with Crippen molar-refractivity contribution in [3.63, 3.8) is 0 Å². The zero-order valence-electron chi connectivity index (χ0n) is 67.2. The molecule has 0 amide bonds. The molecule has 8 aromatic carbocycles. The summed E-state index contributed by atoms with van der Waals surface area (Å²) in [6.07, 6.45) is 14.0. The molecule has 0 aliphatic heterocycles. The molecule has 0 bridgehead atoms. The lowest BCUT2D eigenvalue weighted by Crippen LogP contribution is -2.27. The third kappa shape index (κ3) is 37.6. The first kappa shape index (κ1) is 90.2. The Morgan fingerprint density at radius 2 is 0.692 bits per heavy atom. The Bertz CT molecular complexity index is 3280. The number of rotatable bonds is 27. The average Bonchev–Trinajstić information content (AvgIpc) is 0.920. The minimum Gasteiger partial charge on any atom is -0.508 e. The van der Waals surface area contributed by atoms with E-state index in [1.807, 2.05) is 139 Å². The lowest BCUT2D eigenvalue weighted by atomic mass is 9.84. The van der Waals surface area contributed by atoms with Crippen LogP contribution in [0.2, 0.25) is 0 Å². The summed E-state index contributed by atoms with van der Waals surface area (Å²) in [5.74, 6) is 7.94. The van der Waals surface area contributed by atoms with Crippen LogP contribution in [0.1, 0.15) is 295 Å². The van der Waals surface area contributed by atoms with Crippen LogP contribution in [0.5, 0.6) is 34.5 Å². The predicted molar refractivity (Wildman–Crippen MR) is 436 cm³/mol. The number of phenols is 3. The maximum absolute atomic E-state index is 11.2. The lowest BCUT2D eigenvalue weighted by Gasteiger charge is -2.22. The normalized spacial score (nSPS) is 14.3. The van der Waals surface area contributed by atoms with Crippen molar-refractivity contribution in [3.05, 3.63) is 251 Å². The largest absolute Gasteiger partial charge is 0.508 e. The number of hydrogen-bond donors (Lipinski definition) is 3. The molecular formula is C94H134O10. The number of hydrogen-bond acceptors (Lipinski definition) is 10. The first-order chi connectivity index (χ1) is 49.8. The smallest absolute Gasteiger partial charge is 0.309 e. The van der Waals surface area contributed by atoms with Gasteiger partial charge < -0.3 is 43.7 Å². The van der Waals surface area contributed by atoms with Crippen molar-refractivity contribution in [2.75, 3.05) is 13.2 Å². The van der Waals surface area contributed by atoms with Crippen molar-refractivity contribution >= 4 is 5.97 Å². The molecule has 8 aromatic rings. The number of ether oxygens (including phenoxy) is 6. The highest BCUT2D eigenvalue weighted by Gasteiger charge is 2.20. The molecule has 9 atom stereocenters. The van der Waals surface area contributed by atoms with Crippen LogP contribution in [0.4, 0.5) is 0 Å². The van der Waals surface area contributed by atoms with E-state index in [-0.39, 0.29) is 30.1 Å². The van der Waals surface area contributed by atoms with E-state index in [2.05, 4.69) is 162 Å². The molecule has 0 heterocycles. The summed E-state index contributed by atoms with van der Waals surface area (Å²) in [5, 5.41) is 27.0. The second-order valence-corrected chi connectivity index (χ2v) is 28.8. The standard InChI is InChI=1S/C26H36O3.C19H24O2.3C10H14O.C10H14.C9H18O2/c1-4-20(2)22-10-16-26(17-11-22)29-21(3)27-18-19-28-25-14-12-24(13-15-25)23-8-6-5-7-9-23;1-4-15(2)18-10-12-19(13-11-18)21-16(3)20-14-17-8-6-5-7-9-17;3*1-3-8(2)9-4-6-10(11)7-5-9;1-3-9(2)10-7-5-4-6-8-10;1-6-7(2)8(10)11-9(3,4)5/h10-17,20-21,23H,4-9,18-19H2,1-3H3;5-13,15-16H,4,14H2,1-3H3;3*4-8,11H,3H2,1-2H3;4-9H,3H2,1-2H3;7H,6H2,1-5H3. The number of carbonyl (C=O) groups is 1. The van der Waals surface area contributed by atoms with Gasteiger partial charge in [-0.15, -0.1) is 0 Å². The Morgan fingerprint density at radius 1 is 0.375 bits per heavy atom. The summed E-state index contributed by atoms with van der Waals surface area (Å²) in [7, 11) is 0. The summed E-state index contributed by atoms with van der Waals surface area (Å²) in [4.78, 5) is 11.2. The van der Waals surface area contributed by atoms with E-state index in [1.165, 1.54) is 77.5 Å². The third-order valence-corrected chi connectivity index (χ3v) is 19.3. The molecular weight excluding hydrogens is 1290 g/mol. The summed E-state index contributed by atoms with van der Waals surface area (Å²) < 4.78 is 34.0. The van der Waals surface area contributed by atoms with Gasteiger partial charge in [-0.1, -0.05) is 250 Å². The van der Waals surface area contributed by atoms with Gasteiger partial charge in [0.05, 0.1) is 19.1 Å². The number of esters is 1. The van der Waals surface area contributed by atoms with Crippen LogP contribution in [0, 0.1) is 5.92 Å². The molecule has 1 fully saturated rings. The maximum atomic E-state index is 11.2. The van der Waals surface area contributed by atoms with Crippen LogP contribution in [0.25, 0.3) is 0 Å². The minimum absolute atomic E-state index is 0.0224. The van der Waals surface area contributed by atoms with Gasteiger partial charge in [-0.05, 0) is 251 Å². The van der Waals surface area contributed by atoms with Crippen LogP contribution in [0.15, 0.2) is 206 Å². The van der Waals surface area contributed by atoms with Crippen molar-refractivity contribution in [1.29, 1.82) is 0 Å². The van der Waals surface area contributed by atoms with Crippen molar-refractivity contribution in [3.8, 4) is 34.5 Å². The Morgan fingerprint density at radius 3 is 1.03 bits per heavy atom. The fourth-order valence-electron chi connectivity index (χ4n) is 10.8. The van der Waals surface area contributed by atoms with Gasteiger partial charge in [0.1, 0.15) is 46.7 Å². The van der Waals surface area contributed by atoms with Gasteiger partial charge in [0.25, 0.3) is 0 Å². The molecule has 0 spiro atoms. The molecule has 0 aromatic heterocycles. The zero-order valence-corrected chi connectivity index (χ0v) is 67.2. The van der Waals surface area contributed by atoms with Crippen LogP contribution < -0.4 is 14.2 Å². The summed E-state index contributed by atoms with van der Waals surface area (Å²) >= 11 is 0. The van der Waals surface area contributed by atoms with E-state index >= 15 is 0 Å². The van der Waals surface area contributed by atoms with E-state index < -0.39 is 0 Å². The highest BCUT2D eigenvalue weighted by molar-refractivity contribution is 5.72. The highest BCUT2D eigenvalue weighted by atomic mass is 16.7. The molecule has 570 valence electrons.